The monoisotopic (exact) mass is 293 g/mol. The predicted octanol–water partition coefficient (Wildman–Crippen LogP) is 3.35. The Bertz CT molecular complexity index is 530. The van der Waals surface area contributed by atoms with E-state index in [4.69, 9.17) is 22.4 Å². The van der Waals surface area contributed by atoms with Crippen LogP contribution in [-0.4, -0.2) is 17.8 Å². The first kappa shape index (κ1) is 14.4. The highest BCUT2D eigenvalue weighted by molar-refractivity contribution is 7.99. The number of nitrogens with two attached hydrogens (primary N) is 1. The maximum atomic E-state index is 9.06. The van der Waals surface area contributed by atoms with Crippen LogP contribution in [0.3, 0.4) is 0 Å². The number of hydrogen-bond donors (Lipinski definition) is 2. The van der Waals surface area contributed by atoms with Crippen LogP contribution >= 0.6 is 23.4 Å². The topological polar surface area (TPSA) is 46.2 Å². The van der Waals surface area contributed by atoms with Crippen molar-refractivity contribution in [2.24, 2.45) is 5.73 Å². The van der Waals surface area contributed by atoms with Gasteiger partial charge in [0.15, 0.2) is 0 Å². The zero-order valence-corrected chi connectivity index (χ0v) is 12.0. The SMILES string of the molecule is NC(CO)Cc1ccccc1Sc1ccc(Cl)cc1. The molecule has 0 aromatic heterocycles. The normalized spacial score (nSPS) is 12.4. The maximum absolute atomic E-state index is 9.06. The molecular weight excluding hydrogens is 278 g/mol. The fourth-order valence-corrected chi connectivity index (χ4v) is 2.83. The number of halogens is 1. The Labute approximate surface area is 122 Å². The summed E-state index contributed by atoms with van der Waals surface area (Å²) in [5.74, 6) is 0. The van der Waals surface area contributed by atoms with Crippen LogP contribution in [0.5, 0.6) is 0 Å². The Morgan fingerprint density at radius 1 is 1.11 bits per heavy atom. The highest BCUT2D eigenvalue weighted by Gasteiger charge is 2.08. The zero-order chi connectivity index (χ0) is 13.7. The van der Waals surface area contributed by atoms with Gasteiger partial charge < -0.3 is 10.8 Å². The van der Waals surface area contributed by atoms with E-state index in [1.807, 2.05) is 42.5 Å². The van der Waals surface area contributed by atoms with Gasteiger partial charge in [0, 0.05) is 20.9 Å². The van der Waals surface area contributed by atoms with Gasteiger partial charge in [0.05, 0.1) is 6.61 Å². The Balaban J connectivity index is 2.17. The van der Waals surface area contributed by atoms with Crippen molar-refractivity contribution in [3.05, 3.63) is 59.1 Å². The van der Waals surface area contributed by atoms with Crippen LogP contribution in [0, 0.1) is 0 Å². The van der Waals surface area contributed by atoms with Gasteiger partial charge in [-0.2, -0.15) is 0 Å². The highest BCUT2D eigenvalue weighted by Crippen LogP contribution is 2.31. The molecule has 2 rings (SSSR count). The van der Waals surface area contributed by atoms with Crippen molar-refractivity contribution < 1.29 is 5.11 Å². The summed E-state index contributed by atoms with van der Waals surface area (Å²) in [4.78, 5) is 2.29. The third kappa shape index (κ3) is 4.25. The summed E-state index contributed by atoms with van der Waals surface area (Å²) in [7, 11) is 0. The summed E-state index contributed by atoms with van der Waals surface area (Å²) >= 11 is 7.56. The third-order valence-corrected chi connectivity index (χ3v) is 4.11. The highest BCUT2D eigenvalue weighted by atomic mass is 35.5. The number of aliphatic hydroxyl groups is 1. The Hall–Kier alpha value is -1.00. The van der Waals surface area contributed by atoms with Crippen molar-refractivity contribution in [2.75, 3.05) is 6.61 Å². The molecule has 3 N–H and O–H groups in total. The molecule has 100 valence electrons. The minimum absolute atomic E-state index is 0.0000537. The van der Waals surface area contributed by atoms with E-state index in [1.54, 1.807) is 11.8 Å². The van der Waals surface area contributed by atoms with E-state index in [0.717, 1.165) is 20.4 Å². The third-order valence-electron chi connectivity index (χ3n) is 2.73. The molecule has 1 atom stereocenters. The van der Waals surface area contributed by atoms with Gasteiger partial charge in [0.1, 0.15) is 0 Å². The van der Waals surface area contributed by atoms with E-state index in [2.05, 4.69) is 6.07 Å². The first-order chi connectivity index (χ1) is 9.19. The van der Waals surface area contributed by atoms with Crippen LogP contribution < -0.4 is 5.73 Å². The van der Waals surface area contributed by atoms with Crippen LogP contribution in [-0.2, 0) is 6.42 Å². The molecule has 0 radical (unpaired) electrons. The van der Waals surface area contributed by atoms with Gasteiger partial charge in [0.2, 0.25) is 0 Å². The molecular formula is C15H16ClNOS. The molecule has 0 fully saturated rings. The fraction of sp³-hybridized carbons (Fsp3) is 0.200. The van der Waals surface area contributed by atoms with Crippen molar-refractivity contribution >= 4 is 23.4 Å². The van der Waals surface area contributed by atoms with Crippen molar-refractivity contribution in [1.29, 1.82) is 0 Å². The van der Waals surface area contributed by atoms with Crippen molar-refractivity contribution in [2.45, 2.75) is 22.3 Å². The first-order valence-electron chi connectivity index (χ1n) is 6.07. The molecule has 0 aliphatic heterocycles. The van der Waals surface area contributed by atoms with E-state index < -0.39 is 0 Å². The maximum Gasteiger partial charge on any atom is 0.0585 e. The second-order valence-electron chi connectivity index (χ2n) is 4.31. The summed E-state index contributed by atoms with van der Waals surface area (Å²) in [6.07, 6.45) is 0.674. The minimum atomic E-state index is -0.216. The number of hydrogen-bond acceptors (Lipinski definition) is 3. The number of rotatable bonds is 5. The molecule has 2 aromatic rings. The smallest absolute Gasteiger partial charge is 0.0585 e. The van der Waals surface area contributed by atoms with E-state index in [0.29, 0.717) is 6.42 Å². The average Bonchev–Trinajstić information content (AvgIpc) is 2.43. The van der Waals surface area contributed by atoms with E-state index >= 15 is 0 Å². The second-order valence-corrected chi connectivity index (χ2v) is 5.86. The van der Waals surface area contributed by atoms with Gasteiger partial charge in [-0.15, -0.1) is 0 Å². The molecule has 1 unspecified atom stereocenters. The Kier molecular flexibility index (Phi) is 5.28. The summed E-state index contributed by atoms with van der Waals surface area (Å²) in [6.45, 7) is -0.0000537. The summed E-state index contributed by atoms with van der Waals surface area (Å²) in [6, 6.07) is 15.7. The standard InChI is InChI=1S/C15H16ClNOS/c16-12-5-7-14(8-6-12)19-15-4-2-1-3-11(15)9-13(17)10-18/h1-8,13,18H,9-10,17H2. The molecule has 2 nitrogen and oxygen atoms in total. The molecule has 0 spiro atoms. The molecule has 4 heteroatoms. The summed E-state index contributed by atoms with van der Waals surface area (Å²) < 4.78 is 0. The second kappa shape index (κ2) is 6.96. The fourth-order valence-electron chi connectivity index (χ4n) is 1.75. The summed E-state index contributed by atoms with van der Waals surface area (Å²) in [5.41, 5.74) is 6.97. The van der Waals surface area contributed by atoms with E-state index in [9.17, 15) is 0 Å². The van der Waals surface area contributed by atoms with Gasteiger partial charge in [0.25, 0.3) is 0 Å². The molecule has 0 bridgehead atoms. The Morgan fingerprint density at radius 2 is 1.79 bits per heavy atom. The quantitative estimate of drug-likeness (QED) is 0.889. The van der Waals surface area contributed by atoms with Gasteiger partial charge in [-0.05, 0) is 42.3 Å². The summed E-state index contributed by atoms with van der Waals surface area (Å²) in [5, 5.41) is 9.80. The predicted molar refractivity (Wildman–Crippen MR) is 80.8 cm³/mol. The lowest BCUT2D eigenvalue weighted by Crippen LogP contribution is -2.27. The van der Waals surface area contributed by atoms with Gasteiger partial charge in [-0.3, -0.25) is 0 Å². The van der Waals surface area contributed by atoms with E-state index in [1.165, 1.54) is 0 Å². The lowest BCUT2D eigenvalue weighted by atomic mass is 10.1. The zero-order valence-electron chi connectivity index (χ0n) is 10.4. The van der Waals surface area contributed by atoms with Crippen molar-refractivity contribution in [3.8, 4) is 0 Å². The van der Waals surface area contributed by atoms with Gasteiger partial charge in [-0.25, -0.2) is 0 Å². The molecule has 19 heavy (non-hydrogen) atoms. The molecule has 0 aliphatic rings. The molecule has 0 heterocycles. The van der Waals surface area contributed by atoms with E-state index in [-0.39, 0.29) is 12.6 Å². The van der Waals surface area contributed by atoms with Crippen LogP contribution in [0.25, 0.3) is 0 Å². The van der Waals surface area contributed by atoms with Gasteiger partial charge >= 0.3 is 0 Å². The largest absolute Gasteiger partial charge is 0.395 e. The molecule has 0 saturated heterocycles. The first-order valence-corrected chi connectivity index (χ1v) is 7.26. The lowest BCUT2D eigenvalue weighted by Gasteiger charge is -2.12. The van der Waals surface area contributed by atoms with Gasteiger partial charge in [-0.1, -0.05) is 41.6 Å². The van der Waals surface area contributed by atoms with Crippen molar-refractivity contribution in [3.63, 3.8) is 0 Å². The molecule has 0 saturated carbocycles. The molecule has 0 aliphatic carbocycles. The minimum Gasteiger partial charge on any atom is -0.395 e. The lowest BCUT2D eigenvalue weighted by molar-refractivity contribution is 0.265. The van der Waals surface area contributed by atoms with Crippen LogP contribution in [0.2, 0.25) is 5.02 Å². The Morgan fingerprint density at radius 3 is 2.47 bits per heavy atom. The number of aliphatic hydroxyl groups excluding tert-OH is 1. The van der Waals surface area contributed by atoms with Crippen LogP contribution in [0.1, 0.15) is 5.56 Å². The average molecular weight is 294 g/mol. The van der Waals surface area contributed by atoms with Crippen molar-refractivity contribution in [1.82, 2.24) is 0 Å². The number of benzene rings is 2. The molecule has 0 amide bonds. The van der Waals surface area contributed by atoms with Crippen LogP contribution in [0.4, 0.5) is 0 Å². The molecule has 2 aromatic carbocycles. The van der Waals surface area contributed by atoms with Crippen LogP contribution in [0.15, 0.2) is 58.3 Å².